The molecule has 4 rings (SSSR count). The fourth-order valence-corrected chi connectivity index (χ4v) is 6.21. The van der Waals surface area contributed by atoms with Gasteiger partial charge in [0.1, 0.15) is 0 Å². The van der Waals surface area contributed by atoms with Crippen molar-refractivity contribution in [3.05, 3.63) is 81.8 Å². The lowest BCUT2D eigenvalue weighted by molar-refractivity contribution is -0.126. The van der Waals surface area contributed by atoms with E-state index in [0.29, 0.717) is 41.5 Å². The summed E-state index contributed by atoms with van der Waals surface area (Å²) < 4.78 is 27.3. The van der Waals surface area contributed by atoms with Gasteiger partial charge >= 0.3 is 0 Å². The Morgan fingerprint density at radius 1 is 1.03 bits per heavy atom. The van der Waals surface area contributed by atoms with E-state index in [1.54, 1.807) is 12.1 Å². The fourth-order valence-electron chi connectivity index (χ4n) is 4.02. The second kappa shape index (κ2) is 9.79. The van der Waals surface area contributed by atoms with Crippen molar-refractivity contribution in [3.63, 3.8) is 0 Å². The molecule has 1 fully saturated rings. The van der Waals surface area contributed by atoms with Crippen LogP contribution in [0.3, 0.4) is 0 Å². The van der Waals surface area contributed by atoms with E-state index in [2.05, 4.69) is 11.4 Å². The first-order chi connectivity index (χ1) is 15.3. The van der Waals surface area contributed by atoms with Gasteiger partial charge in [0.25, 0.3) is 0 Å². The van der Waals surface area contributed by atoms with E-state index in [4.69, 9.17) is 23.2 Å². The van der Waals surface area contributed by atoms with Crippen LogP contribution in [0, 0.1) is 5.92 Å². The quantitative estimate of drug-likeness (QED) is 0.528. The molecule has 168 valence electrons. The maximum absolute atomic E-state index is 13.0. The molecule has 1 saturated heterocycles. The molecule has 1 aliphatic rings. The molecule has 3 aromatic carbocycles. The number of piperidine rings is 1. The lowest BCUT2D eigenvalue weighted by Gasteiger charge is -2.31. The summed E-state index contributed by atoms with van der Waals surface area (Å²) in [5, 5.41) is 6.02. The number of benzene rings is 3. The summed E-state index contributed by atoms with van der Waals surface area (Å²) >= 11 is 12.1. The Morgan fingerprint density at radius 2 is 1.81 bits per heavy atom. The molecule has 0 spiro atoms. The third kappa shape index (κ3) is 5.44. The molecule has 8 heteroatoms. The number of halogens is 2. The van der Waals surface area contributed by atoms with Crippen LogP contribution < -0.4 is 5.32 Å². The monoisotopic (exact) mass is 490 g/mol. The van der Waals surface area contributed by atoms with Crippen molar-refractivity contribution in [2.75, 3.05) is 13.1 Å². The smallest absolute Gasteiger partial charge is 0.224 e. The van der Waals surface area contributed by atoms with Gasteiger partial charge < -0.3 is 5.32 Å². The summed E-state index contributed by atoms with van der Waals surface area (Å²) in [5.74, 6) is -0.712. The van der Waals surface area contributed by atoms with Crippen molar-refractivity contribution in [2.24, 2.45) is 5.92 Å². The summed E-state index contributed by atoms with van der Waals surface area (Å²) in [6, 6.07) is 18.9. The van der Waals surface area contributed by atoms with Gasteiger partial charge in [-0.15, -0.1) is 0 Å². The van der Waals surface area contributed by atoms with Crippen LogP contribution in [-0.2, 0) is 27.1 Å². The van der Waals surface area contributed by atoms with Gasteiger partial charge in [-0.05, 0) is 52.9 Å². The van der Waals surface area contributed by atoms with Gasteiger partial charge in [0.2, 0.25) is 15.9 Å². The lowest BCUT2D eigenvalue weighted by atomic mass is 9.98. The Balaban J connectivity index is 1.38. The van der Waals surface area contributed by atoms with Crippen LogP contribution in [0.15, 0.2) is 60.7 Å². The number of nitrogens with one attached hydrogen (secondary N) is 1. The van der Waals surface area contributed by atoms with Crippen LogP contribution in [-0.4, -0.2) is 31.7 Å². The van der Waals surface area contributed by atoms with E-state index < -0.39 is 10.0 Å². The number of amides is 1. The molecule has 0 radical (unpaired) electrons. The highest BCUT2D eigenvalue weighted by atomic mass is 35.5. The number of sulfonamides is 1. The van der Waals surface area contributed by atoms with E-state index in [9.17, 15) is 13.2 Å². The molecule has 0 aliphatic carbocycles. The first kappa shape index (κ1) is 23.1. The zero-order valence-corrected chi connectivity index (χ0v) is 19.8. The fraction of sp³-hybridized carbons (Fsp3) is 0.292. The van der Waals surface area contributed by atoms with Crippen LogP contribution >= 0.6 is 23.2 Å². The zero-order chi connectivity index (χ0) is 22.7. The summed E-state index contributed by atoms with van der Waals surface area (Å²) in [5.41, 5.74) is 1.51. The predicted octanol–water partition coefficient (Wildman–Crippen LogP) is 5.00. The first-order valence-corrected chi connectivity index (χ1v) is 12.9. The molecule has 1 aliphatic heterocycles. The average Bonchev–Trinajstić information content (AvgIpc) is 2.79. The van der Waals surface area contributed by atoms with Crippen molar-refractivity contribution in [1.82, 2.24) is 9.62 Å². The van der Waals surface area contributed by atoms with Gasteiger partial charge in [0.15, 0.2) is 0 Å². The molecule has 1 unspecified atom stereocenters. The average molecular weight is 491 g/mol. The van der Waals surface area contributed by atoms with Crippen LogP contribution in [0.4, 0.5) is 0 Å². The highest BCUT2D eigenvalue weighted by Gasteiger charge is 2.32. The lowest BCUT2D eigenvalue weighted by Crippen LogP contribution is -2.45. The number of carbonyl (C=O) groups excluding carboxylic acids is 1. The van der Waals surface area contributed by atoms with Crippen LogP contribution in [0.1, 0.15) is 24.0 Å². The minimum atomic E-state index is -3.60. The van der Waals surface area contributed by atoms with Gasteiger partial charge in [-0.2, -0.15) is 0 Å². The van der Waals surface area contributed by atoms with Gasteiger partial charge in [-0.1, -0.05) is 65.7 Å². The molecule has 1 N–H and O–H groups in total. The maximum Gasteiger partial charge on any atom is 0.224 e. The van der Waals surface area contributed by atoms with Crippen molar-refractivity contribution in [3.8, 4) is 0 Å². The molecule has 1 heterocycles. The van der Waals surface area contributed by atoms with Gasteiger partial charge in [0.05, 0.1) is 11.7 Å². The minimum Gasteiger partial charge on any atom is -0.352 e. The third-order valence-corrected chi connectivity index (χ3v) is 8.16. The van der Waals surface area contributed by atoms with Crippen LogP contribution in [0.2, 0.25) is 10.0 Å². The van der Waals surface area contributed by atoms with Crippen LogP contribution in [0.25, 0.3) is 10.8 Å². The van der Waals surface area contributed by atoms with Gasteiger partial charge in [0, 0.05) is 29.7 Å². The Morgan fingerprint density at radius 3 is 2.59 bits per heavy atom. The van der Waals surface area contributed by atoms with Gasteiger partial charge in [-0.3, -0.25) is 4.79 Å². The molecule has 1 atom stereocenters. The Bertz CT molecular complexity index is 1250. The van der Waals surface area contributed by atoms with Crippen molar-refractivity contribution >= 4 is 49.9 Å². The number of rotatable bonds is 6. The minimum absolute atomic E-state index is 0.123. The van der Waals surface area contributed by atoms with E-state index in [1.165, 1.54) is 10.4 Å². The third-order valence-electron chi connectivity index (χ3n) is 5.78. The normalized spacial score (nSPS) is 17.4. The summed E-state index contributed by atoms with van der Waals surface area (Å²) in [7, 11) is -3.60. The summed E-state index contributed by atoms with van der Waals surface area (Å²) in [6.45, 7) is 0.992. The largest absolute Gasteiger partial charge is 0.352 e. The van der Waals surface area contributed by atoms with Crippen LogP contribution in [0.5, 0.6) is 0 Å². The topological polar surface area (TPSA) is 66.5 Å². The Kier molecular flexibility index (Phi) is 7.05. The van der Waals surface area contributed by atoms with Crippen molar-refractivity contribution < 1.29 is 13.2 Å². The predicted molar refractivity (Wildman–Crippen MR) is 129 cm³/mol. The number of nitrogens with zero attached hydrogens (tertiary/aromatic N) is 1. The molecule has 0 saturated carbocycles. The van der Waals surface area contributed by atoms with Gasteiger partial charge in [-0.25, -0.2) is 12.7 Å². The number of hydrogen-bond acceptors (Lipinski definition) is 3. The standard InChI is InChI=1S/C24H24Cl2N2O3S/c25-22-10-9-21(23(26)13-22)16-32(30,31)28-11-3-6-20(15-28)24(29)27-14-17-7-8-18-4-1-2-5-19(18)12-17/h1-2,4-5,7-10,12-13,20H,3,6,11,14-16H2,(H,27,29). The molecule has 5 nitrogen and oxygen atoms in total. The van der Waals surface area contributed by atoms with Crippen molar-refractivity contribution in [2.45, 2.75) is 25.1 Å². The maximum atomic E-state index is 13.0. The van der Waals surface area contributed by atoms with E-state index in [0.717, 1.165) is 16.3 Å². The second-order valence-corrected chi connectivity index (χ2v) is 10.9. The molecular formula is C24H24Cl2N2O3S. The zero-order valence-electron chi connectivity index (χ0n) is 17.4. The molecule has 1 amide bonds. The molecular weight excluding hydrogens is 467 g/mol. The van der Waals surface area contributed by atoms with E-state index in [1.807, 2.05) is 36.4 Å². The first-order valence-electron chi connectivity index (χ1n) is 10.5. The number of fused-ring (bicyclic) bond motifs is 1. The second-order valence-electron chi connectivity index (χ2n) is 8.09. The highest BCUT2D eigenvalue weighted by Crippen LogP contribution is 2.26. The SMILES string of the molecule is O=C(NCc1ccc2ccccc2c1)C1CCCN(S(=O)(=O)Cc2ccc(Cl)cc2Cl)C1. The Labute approximate surface area is 198 Å². The van der Waals surface area contributed by atoms with E-state index in [-0.39, 0.29) is 24.1 Å². The van der Waals surface area contributed by atoms with Crippen molar-refractivity contribution in [1.29, 1.82) is 0 Å². The highest BCUT2D eigenvalue weighted by molar-refractivity contribution is 7.88. The summed E-state index contributed by atoms with van der Waals surface area (Å²) in [4.78, 5) is 12.8. The molecule has 3 aromatic rings. The molecule has 0 bridgehead atoms. The molecule has 32 heavy (non-hydrogen) atoms. The molecule has 0 aromatic heterocycles. The van der Waals surface area contributed by atoms with E-state index >= 15 is 0 Å². The number of hydrogen-bond donors (Lipinski definition) is 1. The Hall–Kier alpha value is -2.12. The summed E-state index contributed by atoms with van der Waals surface area (Å²) in [6.07, 6.45) is 1.30. The number of carbonyl (C=O) groups is 1.